The van der Waals surface area contributed by atoms with Crippen molar-refractivity contribution >= 4 is 21.6 Å². The molecule has 32 heavy (non-hydrogen) atoms. The second-order valence-corrected chi connectivity index (χ2v) is 9.94. The van der Waals surface area contributed by atoms with E-state index < -0.39 is 15.4 Å². The monoisotopic (exact) mass is 450 g/mol. The Morgan fingerprint density at radius 1 is 0.969 bits per heavy atom. The van der Waals surface area contributed by atoms with E-state index in [4.69, 9.17) is 4.74 Å². The summed E-state index contributed by atoms with van der Waals surface area (Å²) in [5, 5.41) is 3.08. The van der Waals surface area contributed by atoms with Gasteiger partial charge in [0.2, 0.25) is 15.9 Å². The minimum atomic E-state index is -3.23. The number of hydrogen-bond acceptors (Lipinski definition) is 4. The lowest BCUT2D eigenvalue weighted by atomic mass is 9.93. The highest BCUT2D eigenvalue weighted by molar-refractivity contribution is 7.88. The fourth-order valence-electron chi connectivity index (χ4n) is 3.84. The highest BCUT2D eigenvalue weighted by Crippen LogP contribution is 2.52. The normalized spacial score (nSPS) is 14.6. The van der Waals surface area contributed by atoms with Gasteiger partial charge in [-0.1, -0.05) is 54.6 Å². The van der Waals surface area contributed by atoms with Crippen molar-refractivity contribution in [3.8, 4) is 16.9 Å². The summed E-state index contributed by atoms with van der Waals surface area (Å²) in [6.45, 7) is 0.250. The number of carbonyl (C=O) groups excluding carboxylic acids is 1. The van der Waals surface area contributed by atoms with Crippen LogP contribution < -0.4 is 14.8 Å². The molecule has 2 N–H and O–H groups in total. The molecule has 3 aromatic carbocycles. The first-order valence-corrected chi connectivity index (χ1v) is 12.3. The number of benzene rings is 3. The molecule has 7 heteroatoms. The maximum absolute atomic E-state index is 13.2. The SMILES string of the molecule is COc1ccccc1C1(C(=O)Nc2cccc(-c3ccc(CNS(C)(=O)=O)cc3)c2)CC1. The molecular weight excluding hydrogens is 424 g/mol. The zero-order valence-electron chi connectivity index (χ0n) is 18.1. The van der Waals surface area contributed by atoms with Crippen molar-refractivity contribution in [3.05, 3.63) is 83.9 Å². The van der Waals surface area contributed by atoms with Crippen molar-refractivity contribution in [2.24, 2.45) is 0 Å². The number of amides is 1. The number of rotatable bonds is 8. The smallest absolute Gasteiger partial charge is 0.235 e. The Bertz CT molecular complexity index is 1230. The van der Waals surface area contributed by atoms with Gasteiger partial charge in [-0.05, 0) is 47.7 Å². The molecule has 0 radical (unpaired) electrons. The Morgan fingerprint density at radius 2 is 1.69 bits per heavy atom. The Balaban J connectivity index is 1.49. The number of hydrogen-bond donors (Lipinski definition) is 2. The molecule has 3 aromatic rings. The summed E-state index contributed by atoms with van der Waals surface area (Å²) in [4.78, 5) is 13.2. The molecule has 0 aromatic heterocycles. The molecule has 0 aliphatic heterocycles. The van der Waals surface area contributed by atoms with Crippen LogP contribution in [0.25, 0.3) is 11.1 Å². The van der Waals surface area contributed by atoms with Crippen LogP contribution in [0.2, 0.25) is 0 Å². The van der Waals surface area contributed by atoms with Gasteiger partial charge in [-0.25, -0.2) is 13.1 Å². The van der Waals surface area contributed by atoms with Gasteiger partial charge in [-0.2, -0.15) is 0 Å². The molecule has 0 atom stereocenters. The zero-order chi connectivity index (χ0) is 22.8. The first-order valence-electron chi connectivity index (χ1n) is 10.4. The molecule has 1 aliphatic rings. The van der Waals surface area contributed by atoms with Crippen molar-refractivity contribution in [3.63, 3.8) is 0 Å². The van der Waals surface area contributed by atoms with Gasteiger partial charge in [0.25, 0.3) is 0 Å². The largest absolute Gasteiger partial charge is 0.496 e. The number of ether oxygens (including phenoxy) is 1. The Labute approximate surface area is 188 Å². The van der Waals surface area contributed by atoms with E-state index in [0.29, 0.717) is 0 Å². The van der Waals surface area contributed by atoms with E-state index in [-0.39, 0.29) is 12.5 Å². The van der Waals surface area contributed by atoms with E-state index in [0.717, 1.165) is 52.8 Å². The first kappa shape index (κ1) is 22.0. The van der Waals surface area contributed by atoms with Gasteiger partial charge in [-0.3, -0.25) is 4.79 Å². The van der Waals surface area contributed by atoms with E-state index in [1.165, 1.54) is 0 Å². The van der Waals surface area contributed by atoms with Gasteiger partial charge >= 0.3 is 0 Å². The maximum atomic E-state index is 13.2. The third-order valence-electron chi connectivity index (χ3n) is 5.75. The average Bonchev–Trinajstić information content (AvgIpc) is 3.60. The Morgan fingerprint density at radius 3 is 2.34 bits per heavy atom. The minimum Gasteiger partial charge on any atom is -0.496 e. The topological polar surface area (TPSA) is 84.5 Å². The molecule has 6 nitrogen and oxygen atoms in total. The lowest BCUT2D eigenvalue weighted by Crippen LogP contribution is -2.28. The van der Waals surface area contributed by atoms with Crippen molar-refractivity contribution in [2.75, 3.05) is 18.7 Å². The van der Waals surface area contributed by atoms with Crippen molar-refractivity contribution in [1.29, 1.82) is 0 Å². The molecule has 1 fully saturated rings. The molecule has 0 unspecified atom stereocenters. The Kier molecular flexibility index (Phi) is 6.04. The van der Waals surface area contributed by atoms with Crippen LogP contribution in [0.15, 0.2) is 72.8 Å². The molecule has 0 saturated heterocycles. The van der Waals surface area contributed by atoms with Crippen LogP contribution in [0.4, 0.5) is 5.69 Å². The summed E-state index contributed by atoms with van der Waals surface area (Å²) >= 11 is 0. The summed E-state index contributed by atoms with van der Waals surface area (Å²) in [6.07, 6.45) is 2.73. The lowest BCUT2D eigenvalue weighted by Gasteiger charge is -2.19. The molecule has 166 valence electrons. The fourth-order valence-corrected chi connectivity index (χ4v) is 4.27. The molecule has 0 spiro atoms. The highest BCUT2D eigenvalue weighted by atomic mass is 32.2. The fraction of sp³-hybridized carbons (Fsp3) is 0.240. The number of carbonyl (C=O) groups is 1. The zero-order valence-corrected chi connectivity index (χ0v) is 18.9. The summed E-state index contributed by atoms with van der Waals surface area (Å²) < 4.78 is 30.5. The second kappa shape index (κ2) is 8.76. The molecule has 1 amide bonds. The van der Waals surface area contributed by atoms with E-state index in [2.05, 4.69) is 10.0 Å². The minimum absolute atomic E-state index is 0.0265. The Hall–Kier alpha value is -3.16. The van der Waals surface area contributed by atoms with Crippen molar-refractivity contribution in [2.45, 2.75) is 24.8 Å². The van der Waals surface area contributed by atoms with Crippen molar-refractivity contribution < 1.29 is 17.9 Å². The molecule has 4 rings (SSSR count). The molecule has 1 aliphatic carbocycles. The molecule has 1 saturated carbocycles. The quantitative estimate of drug-likeness (QED) is 0.542. The number of sulfonamides is 1. The van der Waals surface area contributed by atoms with E-state index in [1.54, 1.807) is 7.11 Å². The van der Waals surface area contributed by atoms with Crippen LogP contribution in [0.1, 0.15) is 24.0 Å². The van der Waals surface area contributed by atoms with Crippen LogP contribution in [0.5, 0.6) is 5.75 Å². The van der Waals surface area contributed by atoms with Crippen LogP contribution in [0, 0.1) is 0 Å². The van der Waals surface area contributed by atoms with E-state index in [9.17, 15) is 13.2 Å². The third-order valence-corrected chi connectivity index (χ3v) is 6.42. The lowest BCUT2D eigenvalue weighted by molar-refractivity contribution is -0.118. The van der Waals surface area contributed by atoms with E-state index >= 15 is 0 Å². The van der Waals surface area contributed by atoms with Gasteiger partial charge in [0.05, 0.1) is 18.8 Å². The summed E-state index contributed by atoms with van der Waals surface area (Å²) in [6, 6.07) is 23.1. The molecular formula is C25H26N2O4S. The number of para-hydroxylation sites is 1. The maximum Gasteiger partial charge on any atom is 0.235 e. The van der Waals surface area contributed by atoms with E-state index in [1.807, 2.05) is 72.8 Å². The van der Waals surface area contributed by atoms with Crippen LogP contribution in [0.3, 0.4) is 0 Å². The molecule has 0 bridgehead atoms. The van der Waals surface area contributed by atoms with Gasteiger partial charge in [0.15, 0.2) is 0 Å². The van der Waals surface area contributed by atoms with Gasteiger partial charge < -0.3 is 10.1 Å². The summed E-state index contributed by atoms with van der Waals surface area (Å²) in [5.41, 5.74) is 3.93. The van der Waals surface area contributed by atoms with Gasteiger partial charge in [-0.15, -0.1) is 0 Å². The van der Waals surface area contributed by atoms with Crippen LogP contribution in [-0.2, 0) is 26.8 Å². The van der Waals surface area contributed by atoms with Gasteiger partial charge in [0, 0.05) is 17.8 Å². The van der Waals surface area contributed by atoms with Crippen molar-refractivity contribution in [1.82, 2.24) is 4.72 Å². The number of anilines is 1. The molecule has 0 heterocycles. The second-order valence-electron chi connectivity index (χ2n) is 8.11. The van der Waals surface area contributed by atoms with Crippen LogP contribution >= 0.6 is 0 Å². The van der Waals surface area contributed by atoms with Gasteiger partial charge in [0.1, 0.15) is 5.75 Å². The number of methoxy groups -OCH3 is 1. The number of nitrogens with one attached hydrogen (secondary N) is 2. The van der Waals surface area contributed by atoms with Crippen LogP contribution in [-0.4, -0.2) is 27.7 Å². The predicted octanol–water partition coefficient (Wildman–Crippen LogP) is 4.08. The predicted molar refractivity (Wildman–Crippen MR) is 126 cm³/mol. The average molecular weight is 451 g/mol. The summed E-state index contributed by atoms with van der Waals surface area (Å²) in [5.74, 6) is 0.709. The standard InChI is InChI=1S/C25H26N2O4S/c1-31-23-9-4-3-8-22(23)25(14-15-25)24(28)27-21-7-5-6-20(16-21)19-12-10-18(11-13-19)17-26-32(2,29)30/h3-13,16,26H,14-15,17H2,1-2H3,(H,27,28). The first-order chi connectivity index (χ1) is 15.3. The third kappa shape index (κ3) is 4.84. The summed E-state index contributed by atoms with van der Waals surface area (Å²) in [7, 11) is -1.61. The highest BCUT2D eigenvalue weighted by Gasteiger charge is 2.52.